The van der Waals surface area contributed by atoms with E-state index in [2.05, 4.69) is 0 Å². The molecule has 11 heavy (non-hydrogen) atoms. The third-order valence-corrected chi connectivity index (χ3v) is 1.82. The van der Waals surface area contributed by atoms with E-state index in [0.29, 0.717) is 12.1 Å². The van der Waals surface area contributed by atoms with Gasteiger partial charge in [0.25, 0.3) is 0 Å². The highest BCUT2D eigenvalue weighted by Gasteiger charge is 2.02. The fourth-order valence-corrected chi connectivity index (χ4v) is 1.10. The van der Waals surface area contributed by atoms with Crippen molar-refractivity contribution in [2.24, 2.45) is 5.73 Å². The zero-order chi connectivity index (χ0) is 8.43. The summed E-state index contributed by atoms with van der Waals surface area (Å²) in [6, 6.07) is 3.44. The summed E-state index contributed by atoms with van der Waals surface area (Å²) in [5, 5.41) is 0. The molecular weight excluding hydrogens is 141 g/mol. The first-order valence-corrected chi connectivity index (χ1v) is 3.61. The van der Waals surface area contributed by atoms with Crippen LogP contribution in [0.1, 0.15) is 16.7 Å². The molecule has 0 spiro atoms. The molecule has 0 fully saturated rings. The largest absolute Gasteiger partial charge is 0.326 e. The summed E-state index contributed by atoms with van der Waals surface area (Å²) in [6.07, 6.45) is 0. The predicted octanol–water partition coefficient (Wildman–Crippen LogP) is 1.90. The summed E-state index contributed by atoms with van der Waals surface area (Å²) >= 11 is 0. The molecule has 1 rings (SSSR count). The van der Waals surface area contributed by atoms with Crippen molar-refractivity contribution < 1.29 is 4.39 Å². The molecule has 0 saturated carbocycles. The molecule has 1 aromatic rings. The number of rotatable bonds is 1. The van der Waals surface area contributed by atoms with Crippen LogP contribution in [0.2, 0.25) is 0 Å². The SMILES string of the molecule is Cc1cc(F)c(C)c(CN)c1. The van der Waals surface area contributed by atoms with Crippen LogP contribution in [0.15, 0.2) is 12.1 Å². The van der Waals surface area contributed by atoms with E-state index in [1.807, 2.05) is 13.0 Å². The molecule has 0 saturated heterocycles. The summed E-state index contributed by atoms with van der Waals surface area (Å²) in [7, 11) is 0. The van der Waals surface area contributed by atoms with E-state index < -0.39 is 0 Å². The second-order valence-corrected chi connectivity index (χ2v) is 2.73. The predicted molar refractivity (Wildman–Crippen MR) is 43.8 cm³/mol. The number of benzene rings is 1. The Morgan fingerprint density at radius 1 is 1.36 bits per heavy atom. The van der Waals surface area contributed by atoms with Crippen LogP contribution in [0.25, 0.3) is 0 Å². The van der Waals surface area contributed by atoms with Crippen molar-refractivity contribution in [3.05, 3.63) is 34.6 Å². The Balaban J connectivity index is 3.24. The van der Waals surface area contributed by atoms with Gasteiger partial charge in [-0.3, -0.25) is 0 Å². The molecule has 0 atom stereocenters. The van der Waals surface area contributed by atoms with Crippen molar-refractivity contribution in [3.8, 4) is 0 Å². The van der Waals surface area contributed by atoms with E-state index in [1.165, 1.54) is 6.07 Å². The lowest BCUT2D eigenvalue weighted by Crippen LogP contribution is -2.01. The molecule has 0 amide bonds. The number of aryl methyl sites for hydroxylation is 1. The minimum Gasteiger partial charge on any atom is -0.326 e. The highest BCUT2D eigenvalue weighted by atomic mass is 19.1. The van der Waals surface area contributed by atoms with Gasteiger partial charge in [0.05, 0.1) is 0 Å². The van der Waals surface area contributed by atoms with Gasteiger partial charge in [0.2, 0.25) is 0 Å². The lowest BCUT2D eigenvalue weighted by molar-refractivity contribution is 0.614. The standard InChI is InChI=1S/C9H12FN/c1-6-3-8(5-11)7(2)9(10)4-6/h3-4H,5,11H2,1-2H3. The number of hydrogen-bond donors (Lipinski definition) is 1. The molecule has 0 heterocycles. The van der Waals surface area contributed by atoms with Crippen molar-refractivity contribution >= 4 is 0 Å². The summed E-state index contributed by atoms with van der Waals surface area (Å²) in [4.78, 5) is 0. The van der Waals surface area contributed by atoms with Crippen LogP contribution >= 0.6 is 0 Å². The second-order valence-electron chi connectivity index (χ2n) is 2.73. The maximum atomic E-state index is 13.0. The summed E-state index contributed by atoms with van der Waals surface area (Å²) in [5.41, 5.74) is 7.90. The van der Waals surface area contributed by atoms with E-state index in [-0.39, 0.29) is 5.82 Å². The summed E-state index contributed by atoms with van der Waals surface area (Å²) in [6.45, 7) is 4.02. The Kier molecular flexibility index (Phi) is 2.25. The first kappa shape index (κ1) is 8.21. The summed E-state index contributed by atoms with van der Waals surface area (Å²) < 4.78 is 13.0. The van der Waals surface area contributed by atoms with Gasteiger partial charge >= 0.3 is 0 Å². The molecule has 1 aromatic carbocycles. The van der Waals surface area contributed by atoms with E-state index in [9.17, 15) is 4.39 Å². The number of hydrogen-bond acceptors (Lipinski definition) is 1. The fraction of sp³-hybridized carbons (Fsp3) is 0.333. The van der Waals surface area contributed by atoms with Crippen molar-refractivity contribution in [3.63, 3.8) is 0 Å². The first-order valence-electron chi connectivity index (χ1n) is 3.61. The Morgan fingerprint density at radius 2 is 2.00 bits per heavy atom. The second kappa shape index (κ2) is 3.01. The van der Waals surface area contributed by atoms with Crippen LogP contribution in [0, 0.1) is 19.7 Å². The third kappa shape index (κ3) is 1.57. The quantitative estimate of drug-likeness (QED) is 0.655. The maximum absolute atomic E-state index is 13.0. The molecule has 0 radical (unpaired) electrons. The molecule has 0 aliphatic rings. The highest BCUT2D eigenvalue weighted by molar-refractivity contribution is 5.31. The van der Waals surface area contributed by atoms with Crippen LogP contribution in [-0.4, -0.2) is 0 Å². The van der Waals surface area contributed by atoms with E-state index >= 15 is 0 Å². The smallest absolute Gasteiger partial charge is 0.126 e. The van der Waals surface area contributed by atoms with E-state index in [4.69, 9.17) is 5.73 Å². The van der Waals surface area contributed by atoms with Crippen LogP contribution in [-0.2, 0) is 6.54 Å². The zero-order valence-corrected chi connectivity index (χ0v) is 6.82. The lowest BCUT2D eigenvalue weighted by Gasteiger charge is -2.04. The number of nitrogens with two attached hydrogens (primary N) is 1. The molecule has 0 unspecified atom stereocenters. The van der Waals surface area contributed by atoms with Crippen LogP contribution in [0.5, 0.6) is 0 Å². The van der Waals surface area contributed by atoms with Gasteiger partial charge in [0, 0.05) is 6.54 Å². The summed E-state index contributed by atoms with van der Waals surface area (Å²) in [5.74, 6) is -0.162. The van der Waals surface area contributed by atoms with Crippen molar-refractivity contribution in [2.45, 2.75) is 20.4 Å². The molecule has 0 aliphatic carbocycles. The van der Waals surface area contributed by atoms with Gasteiger partial charge in [-0.2, -0.15) is 0 Å². The first-order chi connectivity index (χ1) is 5.15. The molecule has 2 heteroatoms. The van der Waals surface area contributed by atoms with Gasteiger partial charge in [-0.15, -0.1) is 0 Å². The molecule has 1 nitrogen and oxygen atoms in total. The molecular formula is C9H12FN. The van der Waals surface area contributed by atoms with E-state index in [1.54, 1.807) is 6.92 Å². The highest BCUT2D eigenvalue weighted by Crippen LogP contribution is 2.14. The Labute approximate surface area is 66.0 Å². The minimum atomic E-state index is -0.162. The maximum Gasteiger partial charge on any atom is 0.126 e. The zero-order valence-electron chi connectivity index (χ0n) is 6.82. The van der Waals surface area contributed by atoms with Gasteiger partial charge < -0.3 is 5.73 Å². The molecule has 2 N–H and O–H groups in total. The average molecular weight is 153 g/mol. The third-order valence-electron chi connectivity index (χ3n) is 1.82. The van der Waals surface area contributed by atoms with Crippen molar-refractivity contribution in [1.29, 1.82) is 0 Å². The Hall–Kier alpha value is -0.890. The molecule has 0 aromatic heterocycles. The fourth-order valence-electron chi connectivity index (χ4n) is 1.10. The normalized spacial score (nSPS) is 10.2. The topological polar surface area (TPSA) is 26.0 Å². The van der Waals surface area contributed by atoms with Crippen LogP contribution in [0.3, 0.4) is 0 Å². The van der Waals surface area contributed by atoms with Crippen molar-refractivity contribution in [2.75, 3.05) is 0 Å². The Morgan fingerprint density at radius 3 is 2.55 bits per heavy atom. The van der Waals surface area contributed by atoms with Gasteiger partial charge in [0.15, 0.2) is 0 Å². The minimum absolute atomic E-state index is 0.162. The number of halogens is 1. The Bertz CT molecular complexity index is 269. The van der Waals surface area contributed by atoms with Crippen LogP contribution < -0.4 is 5.73 Å². The van der Waals surface area contributed by atoms with Crippen molar-refractivity contribution in [1.82, 2.24) is 0 Å². The van der Waals surface area contributed by atoms with Crippen LogP contribution in [0.4, 0.5) is 4.39 Å². The van der Waals surface area contributed by atoms with E-state index in [0.717, 1.165) is 11.1 Å². The monoisotopic (exact) mass is 153 g/mol. The van der Waals surface area contributed by atoms with Gasteiger partial charge in [-0.05, 0) is 36.6 Å². The molecule has 0 bridgehead atoms. The molecule has 60 valence electrons. The van der Waals surface area contributed by atoms with Gasteiger partial charge in [0.1, 0.15) is 5.82 Å². The molecule has 0 aliphatic heterocycles. The van der Waals surface area contributed by atoms with Gasteiger partial charge in [-0.1, -0.05) is 6.07 Å². The van der Waals surface area contributed by atoms with Gasteiger partial charge in [-0.25, -0.2) is 4.39 Å². The average Bonchev–Trinajstić information content (AvgIpc) is 1.96. The lowest BCUT2D eigenvalue weighted by atomic mass is 10.1.